The highest BCUT2D eigenvalue weighted by Crippen LogP contribution is 2.39. The summed E-state index contributed by atoms with van der Waals surface area (Å²) < 4.78 is 13.9. The van der Waals surface area contributed by atoms with Crippen LogP contribution in [0.2, 0.25) is 0 Å². The van der Waals surface area contributed by atoms with E-state index in [0.717, 1.165) is 25.7 Å². The van der Waals surface area contributed by atoms with Gasteiger partial charge in [-0.2, -0.15) is 0 Å². The topological polar surface area (TPSA) is 73.0 Å². The van der Waals surface area contributed by atoms with E-state index in [2.05, 4.69) is 5.32 Å². The molecule has 0 radical (unpaired) electrons. The molecule has 3 rings (SSSR count). The Balaban J connectivity index is 1.53. The Kier molecular flexibility index (Phi) is 6.39. The summed E-state index contributed by atoms with van der Waals surface area (Å²) >= 11 is 0. The standard InChI is InChI=1S/C21H29FN4O3/c1-24(2)19(28)21(9-5-6-10-21)15-23-20(29)26-13-11-25(12-14-26)18(27)16-7-3-4-8-17(16)22/h3-4,7-8H,5-6,9-15H2,1-2H3,(H,23,29). The number of amides is 4. The van der Waals surface area contributed by atoms with Gasteiger partial charge in [-0.25, -0.2) is 9.18 Å². The largest absolute Gasteiger partial charge is 0.348 e. The SMILES string of the molecule is CN(C)C(=O)C1(CNC(=O)N2CCN(C(=O)c3ccccc3F)CC2)CCCC1. The zero-order valence-corrected chi connectivity index (χ0v) is 17.1. The number of hydrogen-bond acceptors (Lipinski definition) is 3. The molecule has 1 aliphatic carbocycles. The number of rotatable bonds is 4. The molecule has 0 bridgehead atoms. The van der Waals surface area contributed by atoms with Gasteiger partial charge in [-0.1, -0.05) is 25.0 Å². The summed E-state index contributed by atoms with van der Waals surface area (Å²) in [5.74, 6) is -0.828. The van der Waals surface area contributed by atoms with Gasteiger partial charge in [-0.3, -0.25) is 9.59 Å². The molecular formula is C21H29FN4O3. The Morgan fingerprint density at radius 2 is 1.62 bits per heavy atom. The molecular weight excluding hydrogens is 375 g/mol. The maximum Gasteiger partial charge on any atom is 0.317 e. The molecule has 0 spiro atoms. The van der Waals surface area contributed by atoms with Crippen molar-refractivity contribution in [3.63, 3.8) is 0 Å². The Morgan fingerprint density at radius 3 is 2.21 bits per heavy atom. The first kappa shape index (κ1) is 21.1. The highest BCUT2D eigenvalue weighted by Gasteiger charge is 2.42. The number of piperazine rings is 1. The van der Waals surface area contributed by atoms with E-state index >= 15 is 0 Å². The summed E-state index contributed by atoms with van der Waals surface area (Å²) in [6.45, 7) is 1.78. The maximum atomic E-state index is 13.9. The van der Waals surface area contributed by atoms with E-state index in [1.165, 1.54) is 12.1 Å². The van der Waals surface area contributed by atoms with Crippen LogP contribution >= 0.6 is 0 Å². The second kappa shape index (κ2) is 8.80. The smallest absolute Gasteiger partial charge is 0.317 e. The van der Waals surface area contributed by atoms with Crippen LogP contribution in [0.1, 0.15) is 36.0 Å². The quantitative estimate of drug-likeness (QED) is 0.834. The van der Waals surface area contributed by atoms with Gasteiger partial charge >= 0.3 is 6.03 Å². The van der Waals surface area contributed by atoms with Crippen LogP contribution < -0.4 is 5.32 Å². The van der Waals surface area contributed by atoms with Crippen molar-refractivity contribution in [1.29, 1.82) is 0 Å². The lowest BCUT2D eigenvalue weighted by atomic mass is 9.84. The maximum absolute atomic E-state index is 13.9. The zero-order valence-electron chi connectivity index (χ0n) is 17.1. The second-order valence-electron chi connectivity index (χ2n) is 8.10. The van der Waals surface area contributed by atoms with E-state index in [9.17, 15) is 18.8 Å². The van der Waals surface area contributed by atoms with Crippen LogP contribution in [0, 0.1) is 11.2 Å². The minimum atomic E-state index is -0.537. The summed E-state index contributed by atoms with van der Waals surface area (Å²) in [4.78, 5) is 42.6. The molecule has 29 heavy (non-hydrogen) atoms. The molecule has 1 aliphatic heterocycles. The van der Waals surface area contributed by atoms with E-state index in [-0.39, 0.29) is 23.4 Å². The summed E-state index contributed by atoms with van der Waals surface area (Å²) in [6.07, 6.45) is 3.56. The monoisotopic (exact) mass is 404 g/mol. The number of nitrogens with one attached hydrogen (secondary N) is 1. The average Bonchev–Trinajstić information content (AvgIpc) is 3.21. The van der Waals surface area contributed by atoms with Gasteiger partial charge in [-0.15, -0.1) is 0 Å². The van der Waals surface area contributed by atoms with Crippen LogP contribution in [0.4, 0.5) is 9.18 Å². The third-order valence-electron chi connectivity index (χ3n) is 5.96. The van der Waals surface area contributed by atoms with Gasteiger partial charge in [-0.05, 0) is 25.0 Å². The molecule has 1 aromatic rings. The Bertz CT molecular complexity index is 769. The van der Waals surface area contributed by atoms with Gasteiger partial charge in [0.2, 0.25) is 5.91 Å². The summed E-state index contributed by atoms with van der Waals surface area (Å²) in [7, 11) is 3.49. The highest BCUT2D eigenvalue weighted by atomic mass is 19.1. The number of urea groups is 1. The third-order valence-corrected chi connectivity index (χ3v) is 5.96. The molecule has 158 valence electrons. The van der Waals surface area contributed by atoms with Crippen molar-refractivity contribution in [1.82, 2.24) is 20.0 Å². The predicted octanol–water partition coefficient (Wildman–Crippen LogP) is 1.94. The highest BCUT2D eigenvalue weighted by molar-refractivity contribution is 5.94. The first-order chi connectivity index (χ1) is 13.8. The second-order valence-corrected chi connectivity index (χ2v) is 8.10. The van der Waals surface area contributed by atoms with Crippen molar-refractivity contribution in [2.75, 3.05) is 46.8 Å². The van der Waals surface area contributed by atoms with Gasteiger partial charge in [0.05, 0.1) is 11.0 Å². The molecule has 0 aromatic heterocycles. The summed E-state index contributed by atoms with van der Waals surface area (Å²) in [5.41, 5.74) is -0.460. The van der Waals surface area contributed by atoms with E-state index in [0.29, 0.717) is 32.7 Å². The van der Waals surface area contributed by atoms with Gasteiger partial charge in [0.1, 0.15) is 5.82 Å². The van der Waals surface area contributed by atoms with Crippen LogP contribution in [0.5, 0.6) is 0 Å². The number of carbonyl (C=O) groups excluding carboxylic acids is 3. The summed E-state index contributed by atoms with van der Waals surface area (Å²) in [5, 5.41) is 2.93. The van der Waals surface area contributed by atoms with Crippen LogP contribution in [-0.4, -0.2) is 79.4 Å². The third kappa shape index (κ3) is 4.52. The van der Waals surface area contributed by atoms with Crippen molar-refractivity contribution >= 4 is 17.8 Å². The first-order valence-electron chi connectivity index (χ1n) is 10.1. The molecule has 2 fully saturated rings. The van der Waals surface area contributed by atoms with Crippen molar-refractivity contribution in [3.8, 4) is 0 Å². The molecule has 8 heteroatoms. The van der Waals surface area contributed by atoms with E-state index in [1.54, 1.807) is 40.9 Å². The number of hydrogen-bond donors (Lipinski definition) is 1. The number of halogens is 1. The number of benzene rings is 1. The van der Waals surface area contributed by atoms with Crippen LogP contribution in [0.3, 0.4) is 0 Å². The molecule has 1 heterocycles. The molecule has 4 amide bonds. The molecule has 0 atom stereocenters. The molecule has 1 N–H and O–H groups in total. The van der Waals surface area contributed by atoms with Crippen LogP contribution in [0.15, 0.2) is 24.3 Å². The fraction of sp³-hybridized carbons (Fsp3) is 0.571. The minimum Gasteiger partial charge on any atom is -0.348 e. The average molecular weight is 404 g/mol. The fourth-order valence-corrected chi connectivity index (χ4v) is 4.27. The van der Waals surface area contributed by atoms with Crippen molar-refractivity contribution < 1.29 is 18.8 Å². The number of nitrogens with zero attached hydrogens (tertiary/aromatic N) is 3. The zero-order chi connectivity index (χ0) is 21.0. The van der Waals surface area contributed by atoms with Crippen molar-refractivity contribution in [3.05, 3.63) is 35.6 Å². The molecule has 2 aliphatic rings. The first-order valence-corrected chi connectivity index (χ1v) is 10.1. The van der Waals surface area contributed by atoms with Gasteiger partial charge < -0.3 is 20.0 Å². The van der Waals surface area contributed by atoms with E-state index in [4.69, 9.17) is 0 Å². The van der Waals surface area contributed by atoms with Crippen LogP contribution in [0.25, 0.3) is 0 Å². The molecule has 0 unspecified atom stereocenters. The van der Waals surface area contributed by atoms with Gasteiger partial charge in [0.25, 0.3) is 5.91 Å². The molecule has 1 saturated carbocycles. The Labute approximate surface area is 170 Å². The van der Waals surface area contributed by atoms with E-state index in [1.807, 2.05) is 0 Å². The molecule has 7 nitrogen and oxygen atoms in total. The van der Waals surface area contributed by atoms with Crippen molar-refractivity contribution in [2.45, 2.75) is 25.7 Å². The predicted molar refractivity (Wildman–Crippen MR) is 107 cm³/mol. The normalized spacial score (nSPS) is 18.4. The summed E-state index contributed by atoms with van der Waals surface area (Å²) in [6, 6.07) is 5.70. The fourth-order valence-electron chi connectivity index (χ4n) is 4.27. The van der Waals surface area contributed by atoms with Gasteiger partial charge in [0.15, 0.2) is 0 Å². The minimum absolute atomic E-state index is 0.0516. The number of carbonyl (C=O) groups is 3. The van der Waals surface area contributed by atoms with Gasteiger partial charge in [0, 0.05) is 46.8 Å². The van der Waals surface area contributed by atoms with Crippen molar-refractivity contribution in [2.24, 2.45) is 5.41 Å². The van der Waals surface area contributed by atoms with Crippen LogP contribution in [-0.2, 0) is 4.79 Å². The lowest BCUT2D eigenvalue weighted by Crippen LogP contribution is -2.55. The van der Waals surface area contributed by atoms with E-state index < -0.39 is 11.2 Å². The molecule has 1 saturated heterocycles. The lowest BCUT2D eigenvalue weighted by molar-refractivity contribution is -0.138. The Morgan fingerprint density at radius 1 is 1.03 bits per heavy atom. The molecule has 1 aromatic carbocycles. The lowest BCUT2D eigenvalue weighted by Gasteiger charge is -2.36. The Hall–Kier alpha value is -2.64.